The van der Waals surface area contributed by atoms with Gasteiger partial charge in [0.15, 0.2) is 5.76 Å². The molecule has 1 aromatic heterocycles. The number of imide groups is 1. The van der Waals surface area contributed by atoms with Crippen LogP contribution in [0, 0.1) is 0 Å². The normalized spacial score (nSPS) is 17.3. The number of carbonyl (C=O) groups excluding carboxylic acids is 3. The summed E-state index contributed by atoms with van der Waals surface area (Å²) in [7, 11) is -3.92. The highest BCUT2D eigenvalue weighted by Crippen LogP contribution is 2.32. The van der Waals surface area contributed by atoms with Gasteiger partial charge < -0.3 is 9.32 Å². The smallest absolute Gasteiger partial charge is 0.290 e. The first-order chi connectivity index (χ1) is 15.7. The Kier molecular flexibility index (Phi) is 5.88. The molecule has 1 aliphatic rings. The Morgan fingerprint density at radius 2 is 1.73 bits per heavy atom. The first-order valence-corrected chi connectivity index (χ1v) is 11.6. The quantitative estimate of drug-likeness (QED) is 0.554. The minimum atomic E-state index is -3.92. The van der Waals surface area contributed by atoms with E-state index < -0.39 is 39.8 Å². The highest BCUT2D eigenvalue weighted by Gasteiger charge is 2.46. The molecule has 9 nitrogen and oxygen atoms in total. The summed E-state index contributed by atoms with van der Waals surface area (Å²) in [5, 5.41) is 5.12. The monoisotopic (exact) mass is 467 g/mol. The van der Waals surface area contributed by atoms with Gasteiger partial charge in [-0.25, -0.2) is 18.5 Å². The molecule has 2 atom stereocenters. The number of hydrogen-bond donors (Lipinski definition) is 1. The Bertz CT molecular complexity index is 1290. The van der Waals surface area contributed by atoms with Crippen molar-refractivity contribution < 1.29 is 27.2 Å². The fourth-order valence-electron chi connectivity index (χ4n) is 3.90. The van der Waals surface area contributed by atoms with Gasteiger partial charge in [-0.05, 0) is 48.9 Å². The van der Waals surface area contributed by atoms with Crippen LogP contribution in [0.3, 0.4) is 0 Å². The van der Waals surface area contributed by atoms with E-state index in [0.29, 0.717) is 0 Å². The lowest BCUT2D eigenvalue weighted by atomic mass is 10.0. The van der Waals surface area contributed by atoms with E-state index in [2.05, 4.69) is 0 Å². The predicted octanol–water partition coefficient (Wildman–Crippen LogP) is 2.46. The van der Waals surface area contributed by atoms with Gasteiger partial charge in [0.25, 0.3) is 11.8 Å². The molecule has 2 aromatic carbocycles. The predicted molar refractivity (Wildman–Crippen MR) is 118 cm³/mol. The number of rotatable bonds is 6. The number of benzene rings is 2. The van der Waals surface area contributed by atoms with E-state index in [4.69, 9.17) is 9.56 Å². The lowest BCUT2D eigenvalue weighted by Gasteiger charge is -2.33. The zero-order valence-corrected chi connectivity index (χ0v) is 18.4. The number of anilines is 1. The Balaban J connectivity index is 1.70. The van der Waals surface area contributed by atoms with Crippen molar-refractivity contribution in [3.05, 3.63) is 84.3 Å². The molecule has 0 aliphatic carbocycles. The van der Waals surface area contributed by atoms with Gasteiger partial charge in [0.1, 0.15) is 6.04 Å². The molecule has 1 saturated heterocycles. The summed E-state index contributed by atoms with van der Waals surface area (Å²) >= 11 is 0. The molecule has 1 fully saturated rings. The molecule has 0 saturated carbocycles. The molecule has 0 bridgehead atoms. The van der Waals surface area contributed by atoms with Gasteiger partial charge >= 0.3 is 0 Å². The van der Waals surface area contributed by atoms with Crippen LogP contribution in [-0.2, 0) is 19.6 Å². The first kappa shape index (κ1) is 22.4. The van der Waals surface area contributed by atoms with E-state index in [1.54, 1.807) is 13.0 Å². The van der Waals surface area contributed by atoms with Crippen LogP contribution in [0.4, 0.5) is 5.69 Å². The number of nitrogens with zero attached hydrogens (tertiary/aromatic N) is 2. The van der Waals surface area contributed by atoms with Gasteiger partial charge in [-0.2, -0.15) is 0 Å². The maximum atomic E-state index is 13.4. The van der Waals surface area contributed by atoms with Crippen LogP contribution in [0.15, 0.2) is 82.3 Å². The third kappa shape index (κ3) is 4.30. The number of hydrogen-bond acceptors (Lipinski definition) is 6. The van der Waals surface area contributed by atoms with Crippen molar-refractivity contribution in [3.63, 3.8) is 0 Å². The van der Waals surface area contributed by atoms with E-state index in [0.717, 1.165) is 10.5 Å². The topological polar surface area (TPSA) is 131 Å². The van der Waals surface area contributed by atoms with E-state index >= 15 is 0 Å². The van der Waals surface area contributed by atoms with Crippen LogP contribution in [0.25, 0.3) is 0 Å². The van der Waals surface area contributed by atoms with Crippen molar-refractivity contribution in [2.75, 3.05) is 4.90 Å². The molecule has 170 valence electrons. The van der Waals surface area contributed by atoms with Crippen molar-refractivity contribution in [2.45, 2.75) is 30.3 Å². The van der Waals surface area contributed by atoms with Crippen LogP contribution >= 0.6 is 0 Å². The van der Waals surface area contributed by atoms with Gasteiger partial charge in [-0.1, -0.05) is 30.3 Å². The average Bonchev–Trinajstić information content (AvgIpc) is 3.42. The zero-order valence-electron chi connectivity index (χ0n) is 17.6. The summed E-state index contributed by atoms with van der Waals surface area (Å²) in [6.45, 7) is 1.78. The Hall–Kier alpha value is -3.76. The number of carbonyl (C=O) groups is 3. The highest BCUT2D eigenvalue weighted by molar-refractivity contribution is 7.89. The number of nitrogens with two attached hydrogens (primary N) is 1. The van der Waals surface area contributed by atoms with Crippen molar-refractivity contribution in [3.8, 4) is 0 Å². The molecule has 2 heterocycles. The summed E-state index contributed by atoms with van der Waals surface area (Å²) in [6, 6.07) is 15.7. The van der Waals surface area contributed by atoms with Gasteiger partial charge in [0, 0.05) is 0 Å². The highest BCUT2D eigenvalue weighted by atomic mass is 32.2. The third-order valence-corrected chi connectivity index (χ3v) is 6.48. The summed E-state index contributed by atoms with van der Waals surface area (Å²) in [5.74, 6) is -1.57. The van der Waals surface area contributed by atoms with E-state index in [1.165, 1.54) is 41.5 Å². The van der Waals surface area contributed by atoms with Crippen molar-refractivity contribution in [2.24, 2.45) is 5.14 Å². The number of sulfonamides is 1. The molecular formula is C23H21N3O6S. The summed E-state index contributed by atoms with van der Waals surface area (Å²) < 4.78 is 28.3. The Labute approximate surface area is 190 Å². The molecule has 3 amide bonds. The summed E-state index contributed by atoms with van der Waals surface area (Å²) in [5.41, 5.74) is 0.978. The number of primary sulfonamides is 1. The molecule has 0 radical (unpaired) electrons. The Morgan fingerprint density at radius 3 is 2.30 bits per heavy atom. The number of furan rings is 1. The summed E-state index contributed by atoms with van der Waals surface area (Å²) in [6.07, 6.45) is 1.14. The minimum absolute atomic E-state index is 0.0500. The minimum Gasteiger partial charge on any atom is -0.459 e. The second-order valence-corrected chi connectivity index (χ2v) is 9.16. The van der Waals surface area contributed by atoms with Gasteiger partial charge in [0.05, 0.1) is 29.3 Å². The zero-order chi connectivity index (χ0) is 23.8. The van der Waals surface area contributed by atoms with E-state index in [9.17, 15) is 22.8 Å². The second-order valence-electron chi connectivity index (χ2n) is 7.60. The second kappa shape index (κ2) is 8.64. The molecule has 33 heavy (non-hydrogen) atoms. The molecule has 2 N–H and O–H groups in total. The van der Waals surface area contributed by atoms with Crippen LogP contribution < -0.4 is 10.0 Å². The fourth-order valence-corrected chi connectivity index (χ4v) is 4.41. The van der Waals surface area contributed by atoms with Gasteiger partial charge in [-0.15, -0.1) is 0 Å². The van der Waals surface area contributed by atoms with Gasteiger partial charge in [0.2, 0.25) is 15.9 Å². The Morgan fingerprint density at radius 1 is 1.06 bits per heavy atom. The van der Waals surface area contributed by atoms with E-state index in [1.807, 2.05) is 30.3 Å². The van der Waals surface area contributed by atoms with Gasteiger partial charge in [-0.3, -0.25) is 14.4 Å². The van der Waals surface area contributed by atoms with Crippen LogP contribution in [0.1, 0.15) is 35.5 Å². The maximum Gasteiger partial charge on any atom is 0.290 e. The van der Waals surface area contributed by atoms with E-state index in [-0.39, 0.29) is 22.8 Å². The SMILES string of the molecule is CC(c1ccccc1)N(C(=O)c1ccco1)C1CC(=O)N(c2ccc(S(N)(=O)=O)cc2)C1=O. The lowest BCUT2D eigenvalue weighted by Crippen LogP contribution is -2.46. The molecule has 1 aliphatic heterocycles. The molecule has 2 unspecified atom stereocenters. The fraction of sp³-hybridized carbons (Fsp3) is 0.174. The maximum absolute atomic E-state index is 13.4. The first-order valence-electron chi connectivity index (χ1n) is 10.1. The van der Waals surface area contributed by atoms with Crippen LogP contribution in [0.5, 0.6) is 0 Å². The van der Waals surface area contributed by atoms with Crippen molar-refractivity contribution in [1.82, 2.24) is 4.90 Å². The van der Waals surface area contributed by atoms with Crippen molar-refractivity contribution >= 4 is 33.4 Å². The van der Waals surface area contributed by atoms with Crippen LogP contribution in [0.2, 0.25) is 0 Å². The average molecular weight is 468 g/mol. The molecule has 3 aromatic rings. The third-order valence-electron chi connectivity index (χ3n) is 5.55. The van der Waals surface area contributed by atoms with Crippen LogP contribution in [-0.4, -0.2) is 37.1 Å². The summed E-state index contributed by atoms with van der Waals surface area (Å²) in [4.78, 5) is 41.7. The molecular weight excluding hydrogens is 446 g/mol. The lowest BCUT2D eigenvalue weighted by molar-refractivity contribution is -0.123. The molecule has 4 rings (SSSR count). The van der Waals surface area contributed by atoms with Crippen molar-refractivity contribution in [1.29, 1.82) is 0 Å². The largest absolute Gasteiger partial charge is 0.459 e. The number of amides is 3. The molecule has 0 spiro atoms. The standard InChI is InChI=1S/C23H21N3O6S/c1-15(16-6-3-2-4-7-16)25(23(29)20-8-5-13-32-20)19-14-21(27)26(22(19)28)17-9-11-18(12-10-17)33(24,30)31/h2-13,15,19H,14H2,1H3,(H2,24,30,31). The molecule has 10 heteroatoms.